The number of aliphatic imine (C=N–C) groups is 1. The molecule has 0 atom stereocenters. The van der Waals surface area contributed by atoms with Crippen LogP contribution in [0.4, 0.5) is 5.69 Å². The molecule has 0 radical (unpaired) electrons. The van der Waals surface area contributed by atoms with Crippen LogP contribution in [0, 0.1) is 11.3 Å². The molecule has 4 rings (SSSR count). The Balaban J connectivity index is 1.26. The Morgan fingerprint density at radius 1 is 1.25 bits per heavy atom. The molecule has 6 nitrogen and oxygen atoms in total. The van der Waals surface area contributed by atoms with Gasteiger partial charge in [0.2, 0.25) is 15.9 Å². The van der Waals surface area contributed by atoms with Gasteiger partial charge in [-0.2, -0.15) is 0 Å². The fourth-order valence-corrected chi connectivity index (χ4v) is 4.94. The molecule has 1 heterocycles. The predicted octanol–water partition coefficient (Wildman–Crippen LogP) is 1.28. The third kappa shape index (κ3) is 2.98. The van der Waals surface area contributed by atoms with E-state index in [1.807, 2.05) is 6.07 Å². The van der Waals surface area contributed by atoms with Crippen molar-refractivity contribution in [2.24, 2.45) is 21.5 Å². The van der Waals surface area contributed by atoms with Crippen LogP contribution in [0.1, 0.15) is 31.2 Å². The number of nitrogens with one attached hydrogen (secondary N) is 1. The number of para-hydroxylation sites is 1. The van der Waals surface area contributed by atoms with Crippen LogP contribution < -0.4 is 10.5 Å². The number of carbonyl (C=O) groups excluding carboxylic acids is 1. The Hall–Kier alpha value is -1.73. The summed E-state index contributed by atoms with van der Waals surface area (Å²) in [5.74, 6) is -0.573. The first-order chi connectivity index (χ1) is 11.3. The summed E-state index contributed by atoms with van der Waals surface area (Å²) in [5.41, 5.74) is 4.04. The summed E-state index contributed by atoms with van der Waals surface area (Å²) in [7, 11) is -3.75. The summed E-state index contributed by atoms with van der Waals surface area (Å²) >= 11 is 0. The van der Waals surface area contributed by atoms with Crippen LogP contribution in [0.3, 0.4) is 0 Å². The zero-order valence-corrected chi connectivity index (χ0v) is 14.2. The van der Waals surface area contributed by atoms with Crippen molar-refractivity contribution < 1.29 is 13.2 Å². The number of sulfonamides is 1. The smallest absolute Gasteiger partial charge is 0.236 e. The summed E-state index contributed by atoms with van der Waals surface area (Å²) in [6.45, 7) is 0. The summed E-state index contributed by atoms with van der Waals surface area (Å²) in [6.07, 6.45) is 5.08. The van der Waals surface area contributed by atoms with Crippen molar-refractivity contribution in [2.75, 3.05) is 5.75 Å². The first-order valence-corrected chi connectivity index (χ1v) is 9.99. The highest BCUT2D eigenvalue weighted by Crippen LogP contribution is 2.59. The van der Waals surface area contributed by atoms with Crippen molar-refractivity contribution in [2.45, 2.75) is 38.1 Å². The summed E-state index contributed by atoms with van der Waals surface area (Å²) in [6, 6.07) is 8.37. The second-order valence-electron chi connectivity index (χ2n) is 7.49. The lowest BCUT2D eigenvalue weighted by atomic mass is 9.49. The number of nitrogens with zero attached hydrogens (tertiary/aromatic N) is 1. The molecule has 2 aliphatic carbocycles. The molecule has 1 spiro atoms. The molecular formula is C17H21N3O3S. The number of hydrogen-bond acceptors (Lipinski definition) is 4. The van der Waals surface area contributed by atoms with Gasteiger partial charge in [0.15, 0.2) is 0 Å². The van der Waals surface area contributed by atoms with Gasteiger partial charge in [-0.15, -0.1) is 0 Å². The van der Waals surface area contributed by atoms with Crippen molar-refractivity contribution in [3.63, 3.8) is 0 Å². The molecule has 7 heteroatoms. The molecule has 3 N–H and O–H groups in total. The Kier molecular flexibility index (Phi) is 3.54. The van der Waals surface area contributed by atoms with E-state index in [4.69, 9.17) is 10.1 Å². The number of nitrogens with two attached hydrogens (primary N) is 1. The van der Waals surface area contributed by atoms with Gasteiger partial charge in [-0.25, -0.2) is 13.6 Å². The van der Waals surface area contributed by atoms with Gasteiger partial charge in [0.05, 0.1) is 5.69 Å². The number of hydrogen-bond donors (Lipinski definition) is 2. The van der Waals surface area contributed by atoms with E-state index in [1.54, 1.807) is 0 Å². The van der Waals surface area contributed by atoms with Gasteiger partial charge in [0.25, 0.3) is 0 Å². The molecule has 1 aliphatic heterocycles. The standard InChI is InChI=1S/C17H21N3O3S/c18-24(22,23)10-16(21)19-13-8-17(9-13)6-12(7-17)15-5-11-3-1-2-4-14(11)20-15/h1-4,12-13H,5-10H2,(H,19,21)(H2,18,22,23). The number of fused-ring (bicyclic) bond motifs is 1. The first-order valence-electron chi connectivity index (χ1n) is 8.27. The number of amides is 1. The summed E-state index contributed by atoms with van der Waals surface area (Å²) < 4.78 is 21.8. The maximum atomic E-state index is 11.6. The second-order valence-corrected chi connectivity index (χ2v) is 9.11. The molecular weight excluding hydrogens is 326 g/mol. The maximum Gasteiger partial charge on any atom is 0.236 e. The molecule has 2 saturated carbocycles. The summed E-state index contributed by atoms with van der Waals surface area (Å²) in [4.78, 5) is 16.4. The van der Waals surface area contributed by atoms with Crippen molar-refractivity contribution in [1.29, 1.82) is 0 Å². The van der Waals surface area contributed by atoms with E-state index in [9.17, 15) is 13.2 Å². The van der Waals surface area contributed by atoms with Crippen molar-refractivity contribution >= 4 is 27.3 Å². The topological polar surface area (TPSA) is 102 Å². The SMILES string of the molecule is NS(=O)(=O)CC(=O)NC1CC2(C1)CC(C1=Nc3ccccc3C1)C2. The van der Waals surface area contributed by atoms with Gasteiger partial charge in [0, 0.05) is 18.2 Å². The average molecular weight is 347 g/mol. The Morgan fingerprint density at radius 2 is 1.96 bits per heavy atom. The van der Waals surface area contributed by atoms with E-state index in [1.165, 1.54) is 11.3 Å². The fraction of sp³-hybridized carbons (Fsp3) is 0.529. The molecule has 0 saturated heterocycles. The van der Waals surface area contributed by atoms with Gasteiger partial charge in [-0.3, -0.25) is 9.79 Å². The van der Waals surface area contributed by atoms with E-state index in [0.717, 1.165) is 37.8 Å². The van der Waals surface area contributed by atoms with Crippen LogP contribution in [0.25, 0.3) is 0 Å². The number of rotatable bonds is 4. The number of carbonyl (C=O) groups is 1. The van der Waals surface area contributed by atoms with Gasteiger partial charge in [-0.05, 0) is 48.6 Å². The highest BCUT2D eigenvalue weighted by Gasteiger charge is 2.54. The molecule has 0 bridgehead atoms. The van der Waals surface area contributed by atoms with Crippen LogP contribution >= 0.6 is 0 Å². The lowest BCUT2D eigenvalue weighted by Gasteiger charge is -2.58. The molecule has 128 valence electrons. The molecule has 24 heavy (non-hydrogen) atoms. The third-order valence-corrected chi connectivity index (χ3v) is 6.18. The summed E-state index contributed by atoms with van der Waals surface area (Å²) in [5, 5.41) is 7.65. The quantitative estimate of drug-likeness (QED) is 0.857. The van der Waals surface area contributed by atoms with Gasteiger partial charge < -0.3 is 5.32 Å². The van der Waals surface area contributed by atoms with Gasteiger partial charge in [-0.1, -0.05) is 18.2 Å². The highest BCUT2D eigenvalue weighted by atomic mass is 32.2. The van der Waals surface area contributed by atoms with E-state index in [-0.39, 0.29) is 6.04 Å². The van der Waals surface area contributed by atoms with Crippen molar-refractivity contribution in [3.8, 4) is 0 Å². The molecule has 3 aliphatic rings. The second kappa shape index (κ2) is 5.39. The van der Waals surface area contributed by atoms with Crippen LogP contribution in [0.15, 0.2) is 29.3 Å². The lowest BCUT2D eigenvalue weighted by Crippen LogP contribution is -2.58. The molecule has 1 amide bonds. The predicted molar refractivity (Wildman–Crippen MR) is 91.5 cm³/mol. The maximum absolute atomic E-state index is 11.6. The lowest BCUT2D eigenvalue weighted by molar-refractivity contribution is -0.122. The molecule has 1 aromatic carbocycles. The molecule has 1 aromatic rings. The average Bonchev–Trinajstić information content (AvgIpc) is 2.80. The van der Waals surface area contributed by atoms with Crippen LogP contribution in [-0.4, -0.2) is 31.8 Å². The van der Waals surface area contributed by atoms with Crippen LogP contribution in [0.2, 0.25) is 0 Å². The number of primary sulfonamides is 1. The Morgan fingerprint density at radius 3 is 2.62 bits per heavy atom. The van der Waals surface area contributed by atoms with E-state index < -0.39 is 21.7 Å². The zero-order valence-electron chi connectivity index (χ0n) is 13.4. The Labute approximate surface area is 141 Å². The number of benzene rings is 1. The minimum Gasteiger partial charge on any atom is -0.352 e. The fourth-order valence-electron chi connectivity index (χ4n) is 4.49. The zero-order chi connectivity index (χ0) is 16.9. The van der Waals surface area contributed by atoms with Gasteiger partial charge in [0.1, 0.15) is 5.75 Å². The van der Waals surface area contributed by atoms with Crippen molar-refractivity contribution in [1.82, 2.24) is 5.32 Å². The minimum atomic E-state index is -3.75. The molecule has 2 fully saturated rings. The normalized spacial score (nSPS) is 31.0. The molecule has 0 aromatic heterocycles. The van der Waals surface area contributed by atoms with E-state index in [0.29, 0.717) is 11.3 Å². The third-order valence-electron chi connectivity index (χ3n) is 5.51. The minimum absolute atomic E-state index is 0.0860. The molecule has 0 unspecified atom stereocenters. The van der Waals surface area contributed by atoms with Gasteiger partial charge >= 0.3 is 0 Å². The van der Waals surface area contributed by atoms with Crippen LogP contribution in [-0.2, 0) is 21.2 Å². The van der Waals surface area contributed by atoms with Crippen LogP contribution in [0.5, 0.6) is 0 Å². The van der Waals surface area contributed by atoms with Crippen molar-refractivity contribution in [3.05, 3.63) is 29.8 Å². The van der Waals surface area contributed by atoms with E-state index >= 15 is 0 Å². The first kappa shape index (κ1) is 15.8. The highest BCUT2D eigenvalue weighted by molar-refractivity contribution is 7.89. The monoisotopic (exact) mass is 347 g/mol. The Bertz CT molecular complexity index is 817. The van der Waals surface area contributed by atoms with E-state index in [2.05, 4.69) is 23.5 Å². The largest absolute Gasteiger partial charge is 0.352 e.